The van der Waals surface area contributed by atoms with Gasteiger partial charge in [0.05, 0.1) is 4.47 Å². The predicted octanol–water partition coefficient (Wildman–Crippen LogP) is 2.66. The highest BCUT2D eigenvalue weighted by Gasteiger charge is 2.26. The summed E-state index contributed by atoms with van der Waals surface area (Å²) in [6.07, 6.45) is -0.551. The Morgan fingerprint density at radius 1 is 1.04 bits per heavy atom. The van der Waals surface area contributed by atoms with E-state index in [4.69, 9.17) is 10.5 Å². The molecule has 1 saturated heterocycles. The van der Waals surface area contributed by atoms with Crippen molar-refractivity contribution in [2.75, 3.05) is 31.1 Å². The monoisotopic (exact) mass is 431 g/mol. The molecule has 0 spiro atoms. The first-order valence-corrected chi connectivity index (χ1v) is 9.60. The van der Waals surface area contributed by atoms with Gasteiger partial charge in [0.25, 0.3) is 5.91 Å². The number of piperazine rings is 1. The van der Waals surface area contributed by atoms with Crippen LogP contribution in [-0.2, 0) is 4.79 Å². The van der Waals surface area contributed by atoms with Crippen molar-refractivity contribution in [1.29, 1.82) is 0 Å². The van der Waals surface area contributed by atoms with Crippen molar-refractivity contribution in [2.45, 2.75) is 13.0 Å². The second-order valence-corrected chi connectivity index (χ2v) is 7.27. The molecule has 7 heteroatoms. The van der Waals surface area contributed by atoms with Gasteiger partial charge in [0.2, 0.25) is 5.91 Å². The summed E-state index contributed by atoms with van der Waals surface area (Å²) in [5.74, 6) is 0.206. The van der Waals surface area contributed by atoms with Crippen LogP contribution < -0.4 is 15.4 Å². The van der Waals surface area contributed by atoms with Gasteiger partial charge in [0.1, 0.15) is 5.75 Å². The van der Waals surface area contributed by atoms with Crippen LogP contribution in [0.3, 0.4) is 0 Å². The van der Waals surface area contributed by atoms with E-state index in [1.165, 1.54) is 0 Å². The number of benzene rings is 2. The van der Waals surface area contributed by atoms with Crippen LogP contribution in [0.5, 0.6) is 5.75 Å². The molecule has 2 amide bonds. The molecule has 1 unspecified atom stereocenters. The lowest BCUT2D eigenvalue weighted by Gasteiger charge is -2.37. The Bertz CT molecular complexity index is 817. The van der Waals surface area contributed by atoms with E-state index in [0.29, 0.717) is 24.4 Å². The molecule has 0 aliphatic carbocycles. The maximum absolute atomic E-state index is 12.7. The maximum Gasteiger partial charge on any atom is 0.263 e. The fourth-order valence-corrected chi connectivity index (χ4v) is 3.44. The molecule has 1 atom stereocenters. The number of ether oxygens (including phenoxy) is 1. The molecule has 1 heterocycles. The van der Waals surface area contributed by atoms with Gasteiger partial charge >= 0.3 is 0 Å². The first-order valence-electron chi connectivity index (χ1n) is 8.80. The number of amides is 2. The lowest BCUT2D eigenvalue weighted by atomic mass is 10.1. The second kappa shape index (κ2) is 8.43. The SMILES string of the molecule is CC(Oc1ccccc1Br)C(=O)N1CCN(c2ccc(C(N)=O)cc2)CC1. The summed E-state index contributed by atoms with van der Waals surface area (Å²) in [6.45, 7) is 4.48. The molecule has 2 N–H and O–H groups in total. The van der Waals surface area contributed by atoms with Gasteiger partial charge in [-0.05, 0) is 59.3 Å². The third kappa shape index (κ3) is 4.60. The zero-order chi connectivity index (χ0) is 19.4. The molecular weight excluding hydrogens is 410 g/mol. The molecule has 27 heavy (non-hydrogen) atoms. The summed E-state index contributed by atoms with van der Waals surface area (Å²) >= 11 is 3.43. The highest BCUT2D eigenvalue weighted by molar-refractivity contribution is 9.10. The summed E-state index contributed by atoms with van der Waals surface area (Å²) in [5.41, 5.74) is 6.78. The van der Waals surface area contributed by atoms with Gasteiger partial charge in [-0.1, -0.05) is 12.1 Å². The van der Waals surface area contributed by atoms with Crippen molar-refractivity contribution < 1.29 is 14.3 Å². The largest absolute Gasteiger partial charge is 0.480 e. The number of para-hydroxylation sites is 1. The highest BCUT2D eigenvalue weighted by atomic mass is 79.9. The first-order chi connectivity index (χ1) is 13.0. The van der Waals surface area contributed by atoms with Crippen LogP contribution in [0.4, 0.5) is 5.69 Å². The molecule has 6 nitrogen and oxygen atoms in total. The van der Waals surface area contributed by atoms with Crippen molar-refractivity contribution >= 4 is 33.4 Å². The molecule has 0 aromatic heterocycles. The van der Waals surface area contributed by atoms with Gasteiger partial charge in [-0.15, -0.1) is 0 Å². The Morgan fingerprint density at radius 3 is 2.26 bits per heavy atom. The standard InChI is InChI=1S/C20H22BrN3O3/c1-14(27-18-5-3-2-4-17(18)21)20(26)24-12-10-23(11-13-24)16-8-6-15(7-9-16)19(22)25/h2-9,14H,10-13H2,1H3,(H2,22,25). The van der Waals surface area contributed by atoms with Gasteiger partial charge in [-0.2, -0.15) is 0 Å². The lowest BCUT2D eigenvalue weighted by molar-refractivity contribution is -0.138. The van der Waals surface area contributed by atoms with E-state index in [9.17, 15) is 9.59 Å². The van der Waals surface area contributed by atoms with Crippen LogP contribution >= 0.6 is 15.9 Å². The van der Waals surface area contributed by atoms with E-state index in [2.05, 4.69) is 20.8 Å². The number of anilines is 1. The van der Waals surface area contributed by atoms with Crippen molar-refractivity contribution in [2.24, 2.45) is 5.73 Å². The molecule has 1 fully saturated rings. The fraction of sp³-hybridized carbons (Fsp3) is 0.300. The number of carbonyl (C=O) groups excluding carboxylic acids is 2. The Morgan fingerprint density at radius 2 is 1.67 bits per heavy atom. The topological polar surface area (TPSA) is 75.9 Å². The molecular formula is C20H22BrN3O3. The van der Waals surface area contributed by atoms with Crippen molar-refractivity contribution in [3.63, 3.8) is 0 Å². The third-order valence-corrected chi connectivity index (χ3v) is 5.25. The number of hydrogen-bond donors (Lipinski definition) is 1. The van der Waals surface area contributed by atoms with Gasteiger partial charge in [-0.3, -0.25) is 9.59 Å². The minimum atomic E-state index is -0.551. The number of rotatable bonds is 5. The van der Waals surface area contributed by atoms with Gasteiger partial charge in [0, 0.05) is 37.4 Å². The Hall–Kier alpha value is -2.54. The Balaban J connectivity index is 1.55. The van der Waals surface area contributed by atoms with E-state index in [-0.39, 0.29) is 5.91 Å². The molecule has 2 aromatic carbocycles. The third-order valence-electron chi connectivity index (χ3n) is 4.60. The Labute approximate surface area is 167 Å². The van der Waals surface area contributed by atoms with E-state index >= 15 is 0 Å². The van der Waals surface area contributed by atoms with E-state index in [0.717, 1.165) is 23.2 Å². The average Bonchev–Trinajstić information content (AvgIpc) is 2.69. The minimum Gasteiger partial charge on any atom is -0.480 e. The number of primary amides is 1. The molecule has 1 aliphatic rings. The maximum atomic E-state index is 12.7. The molecule has 142 valence electrons. The van der Waals surface area contributed by atoms with Crippen LogP contribution in [0.1, 0.15) is 17.3 Å². The number of nitrogens with zero attached hydrogens (tertiary/aromatic N) is 2. The number of carbonyl (C=O) groups is 2. The normalized spacial score (nSPS) is 15.3. The van der Waals surface area contributed by atoms with Gasteiger partial charge in [0.15, 0.2) is 6.10 Å². The zero-order valence-electron chi connectivity index (χ0n) is 15.1. The molecule has 0 bridgehead atoms. The summed E-state index contributed by atoms with van der Waals surface area (Å²) in [4.78, 5) is 27.9. The summed E-state index contributed by atoms with van der Waals surface area (Å²) < 4.78 is 6.64. The van der Waals surface area contributed by atoms with Crippen molar-refractivity contribution in [3.05, 3.63) is 58.6 Å². The fourth-order valence-electron chi connectivity index (χ4n) is 3.06. The van der Waals surface area contributed by atoms with Crippen LogP contribution in [0.15, 0.2) is 53.0 Å². The summed E-state index contributed by atoms with van der Waals surface area (Å²) in [7, 11) is 0. The van der Waals surface area contributed by atoms with E-state index < -0.39 is 12.0 Å². The molecule has 2 aromatic rings. The number of nitrogens with two attached hydrogens (primary N) is 1. The smallest absolute Gasteiger partial charge is 0.263 e. The van der Waals surface area contributed by atoms with Crippen LogP contribution in [-0.4, -0.2) is 49.0 Å². The van der Waals surface area contributed by atoms with Crippen LogP contribution in [0, 0.1) is 0 Å². The zero-order valence-corrected chi connectivity index (χ0v) is 16.7. The van der Waals surface area contributed by atoms with Crippen LogP contribution in [0.25, 0.3) is 0 Å². The van der Waals surface area contributed by atoms with Crippen molar-refractivity contribution in [3.8, 4) is 5.75 Å². The van der Waals surface area contributed by atoms with E-state index in [1.54, 1.807) is 19.1 Å². The average molecular weight is 432 g/mol. The molecule has 0 saturated carbocycles. The Kier molecular flexibility index (Phi) is 6.01. The quantitative estimate of drug-likeness (QED) is 0.789. The van der Waals surface area contributed by atoms with Crippen LogP contribution in [0.2, 0.25) is 0 Å². The number of halogens is 1. The minimum absolute atomic E-state index is 0.0190. The first kappa shape index (κ1) is 19.2. The number of hydrogen-bond acceptors (Lipinski definition) is 4. The summed E-state index contributed by atoms with van der Waals surface area (Å²) in [5, 5.41) is 0. The van der Waals surface area contributed by atoms with Crippen molar-refractivity contribution in [1.82, 2.24) is 4.90 Å². The van der Waals surface area contributed by atoms with Gasteiger partial charge < -0.3 is 20.3 Å². The molecule has 0 radical (unpaired) electrons. The molecule has 3 rings (SSSR count). The van der Waals surface area contributed by atoms with Gasteiger partial charge in [-0.25, -0.2) is 0 Å². The highest BCUT2D eigenvalue weighted by Crippen LogP contribution is 2.25. The van der Waals surface area contributed by atoms with E-state index in [1.807, 2.05) is 41.3 Å². The predicted molar refractivity (Wildman–Crippen MR) is 108 cm³/mol. The summed E-state index contributed by atoms with van der Waals surface area (Å²) in [6, 6.07) is 14.7. The lowest BCUT2D eigenvalue weighted by Crippen LogP contribution is -2.52. The molecule has 1 aliphatic heterocycles. The second-order valence-electron chi connectivity index (χ2n) is 6.41.